The number of hydrogen-bond acceptors (Lipinski definition) is 5. The van der Waals surface area contributed by atoms with Crippen LogP contribution in [0, 0.1) is 0 Å². The first kappa shape index (κ1) is 16.7. The van der Waals surface area contributed by atoms with Gasteiger partial charge in [-0.15, -0.1) is 0 Å². The van der Waals surface area contributed by atoms with Crippen molar-refractivity contribution in [2.45, 2.75) is 70.3 Å². The molecule has 3 aliphatic rings. The third-order valence-electron chi connectivity index (χ3n) is 5.11. The lowest BCUT2D eigenvalue weighted by Gasteiger charge is -2.32. The van der Waals surface area contributed by atoms with Gasteiger partial charge >= 0.3 is 7.12 Å². The summed E-state index contributed by atoms with van der Waals surface area (Å²) in [6.07, 6.45) is 8.50. The fourth-order valence-electron chi connectivity index (χ4n) is 2.64. The van der Waals surface area contributed by atoms with Crippen molar-refractivity contribution in [2.24, 2.45) is 10.7 Å². The summed E-state index contributed by atoms with van der Waals surface area (Å²) in [5.41, 5.74) is 7.13. The van der Waals surface area contributed by atoms with E-state index in [4.69, 9.17) is 19.8 Å². The van der Waals surface area contributed by atoms with E-state index in [0.717, 1.165) is 17.5 Å². The lowest BCUT2D eigenvalue weighted by molar-refractivity contribution is 0.00578. The van der Waals surface area contributed by atoms with Crippen molar-refractivity contribution in [3.63, 3.8) is 0 Å². The molecule has 0 spiro atoms. The second kappa shape index (κ2) is 6.08. The third-order valence-corrected chi connectivity index (χ3v) is 5.11. The molecular formula is C17H27BN2O3. The van der Waals surface area contributed by atoms with Crippen molar-refractivity contribution < 1.29 is 14.0 Å². The number of ether oxygens (including phenoxy) is 1. The molecule has 3 rings (SSSR count). The van der Waals surface area contributed by atoms with Gasteiger partial charge in [0.2, 0.25) is 0 Å². The standard InChI is InChI=1S/C17H27BN2O3/c1-16(2)17(3,4)23-18(22-16)13-7-8-21-15(9-13)12(10-19)11-20-14-5-6-14/h9-11,14-15H,5-8,19H2,1-4H3/b12-10+,20-11?/t15-/m1/s1. The van der Waals surface area contributed by atoms with Crippen LogP contribution < -0.4 is 5.73 Å². The highest BCUT2D eigenvalue weighted by Crippen LogP contribution is 2.39. The molecule has 1 aliphatic carbocycles. The van der Waals surface area contributed by atoms with Crippen LogP contribution in [-0.2, 0) is 14.0 Å². The minimum atomic E-state index is -0.327. The van der Waals surface area contributed by atoms with Crippen LogP contribution in [-0.4, -0.2) is 43.3 Å². The predicted octanol–water partition coefficient (Wildman–Crippen LogP) is 2.41. The van der Waals surface area contributed by atoms with Gasteiger partial charge in [0, 0.05) is 18.0 Å². The average Bonchev–Trinajstić information content (AvgIpc) is 3.27. The topological polar surface area (TPSA) is 66.1 Å². The summed E-state index contributed by atoms with van der Waals surface area (Å²) in [5, 5.41) is 0. The fraction of sp³-hybridized carbons (Fsp3) is 0.706. The number of aliphatic imine (C=N–C) groups is 1. The smallest absolute Gasteiger partial charge is 0.404 e. The van der Waals surface area contributed by atoms with Crippen LogP contribution in [0.15, 0.2) is 28.3 Å². The van der Waals surface area contributed by atoms with Crippen LogP contribution in [0.3, 0.4) is 0 Å². The maximum Gasteiger partial charge on any atom is 0.490 e. The number of hydrogen-bond donors (Lipinski definition) is 1. The lowest BCUT2D eigenvalue weighted by atomic mass is 9.74. The van der Waals surface area contributed by atoms with E-state index in [-0.39, 0.29) is 24.4 Å². The maximum atomic E-state index is 6.14. The summed E-state index contributed by atoms with van der Waals surface area (Å²) in [6, 6.07) is 0.472. The molecule has 0 unspecified atom stereocenters. The zero-order chi connectivity index (χ0) is 16.7. The number of rotatable bonds is 4. The molecule has 126 valence electrons. The molecular weight excluding hydrogens is 291 g/mol. The van der Waals surface area contributed by atoms with E-state index in [9.17, 15) is 0 Å². The van der Waals surface area contributed by atoms with Crippen LogP contribution in [0.2, 0.25) is 0 Å². The maximum absolute atomic E-state index is 6.14. The molecule has 1 atom stereocenters. The van der Waals surface area contributed by atoms with E-state index in [2.05, 4.69) is 38.8 Å². The van der Waals surface area contributed by atoms with E-state index < -0.39 is 0 Å². The van der Waals surface area contributed by atoms with Gasteiger partial charge in [0.25, 0.3) is 0 Å². The molecule has 2 N–H and O–H groups in total. The van der Waals surface area contributed by atoms with Crippen molar-refractivity contribution in [3.8, 4) is 0 Å². The molecule has 1 saturated heterocycles. The summed E-state index contributed by atoms with van der Waals surface area (Å²) >= 11 is 0. The van der Waals surface area contributed by atoms with E-state index in [0.29, 0.717) is 12.6 Å². The Morgan fingerprint density at radius 1 is 1.26 bits per heavy atom. The third kappa shape index (κ3) is 3.54. The Morgan fingerprint density at radius 3 is 2.48 bits per heavy atom. The monoisotopic (exact) mass is 318 g/mol. The molecule has 0 aromatic carbocycles. The van der Waals surface area contributed by atoms with Crippen molar-refractivity contribution in [1.82, 2.24) is 0 Å². The van der Waals surface area contributed by atoms with Gasteiger partial charge in [-0.1, -0.05) is 6.08 Å². The highest BCUT2D eigenvalue weighted by Gasteiger charge is 2.52. The normalized spacial score (nSPS) is 30.8. The molecule has 0 aromatic heterocycles. The van der Waals surface area contributed by atoms with Crippen molar-refractivity contribution in [3.05, 3.63) is 23.3 Å². The van der Waals surface area contributed by atoms with E-state index in [1.54, 1.807) is 6.20 Å². The van der Waals surface area contributed by atoms with Crippen LogP contribution in [0.1, 0.15) is 47.0 Å². The summed E-state index contributed by atoms with van der Waals surface area (Å²) in [7, 11) is -0.314. The SMILES string of the molecule is CC1(C)OB(C2=C[C@H](/C(C=NC3CC3)=C/N)OCC2)OC1(C)C. The van der Waals surface area contributed by atoms with E-state index in [1.807, 2.05) is 6.21 Å². The molecule has 1 saturated carbocycles. The van der Waals surface area contributed by atoms with Crippen LogP contribution >= 0.6 is 0 Å². The quantitative estimate of drug-likeness (QED) is 0.638. The Labute approximate surface area is 139 Å². The van der Waals surface area contributed by atoms with Gasteiger partial charge in [-0.05, 0) is 52.4 Å². The van der Waals surface area contributed by atoms with Crippen LogP contribution in [0.25, 0.3) is 0 Å². The summed E-state index contributed by atoms with van der Waals surface area (Å²) in [6.45, 7) is 8.90. The first-order valence-electron chi connectivity index (χ1n) is 8.45. The van der Waals surface area contributed by atoms with Gasteiger partial charge in [-0.3, -0.25) is 4.99 Å². The first-order valence-corrected chi connectivity index (χ1v) is 8.45. The second-order valence-electron chi connectivity index (χ2n) is 7.55. The Bertz CT molecular complexity index is 534. The fourth-order valence-corrected chi connectivity index (χ4v) is 2.64. The van der Waals surface area contributed by atoms with Crippen LogP contribution in [0.5, 0.6) is 0 Å². The Balaban J connectivity index is 1.74. The first-order chi connectivity index (χ1) is 10.8. The second-order valence-corrected chi connectivity index (χ2v) is 7.55. The van der Waals surface area contributed by atoms with Crippen molar-refractivity contribution in [1.29, 1.82) is 0 Å². The molecule has 2 heterocycles. The largest absolute Gasteiger partial charge is 0.490 e. The van der Waals surface area contributed by atoms with Crippen molar-refractivity contribution in [2.75, 3.05) is 6.61 Å². The van der Waals surface area contributed by atoms with Gasteiger partial charge < -0.3 is 19.8 Å². The molecule has 2 aliphatic heterocycles. The van der Waals surface area contributed by atoms with E-state index >= 15 is 0 Å². The lowest BCUT2D eigenvalue weighted by Crippen LogP contribution is -2.41. The van der Waals surface area contributed by atoms with Gasteiger partial charge in [0.15, 0.2) is 0 Å². The Kier molecular flexibility index (Phi) is 4.42. The molecule has 2 fully saturated rings. The highest BCUT2D eigenvalue weighted by atomic mass is 16.7. The van der Waals surface area contributed by atoms with Gasteiger partial charge in [-0.2, -0.15) is 0 Å². The minimum absolute atomic E-state index is 0.176. The molecule has 0 bridgehead atoms. The van der Waals surface area contributed by atoms with Crippen LogP contribution in [0.4, 0.5) is 0 Å². The minimum Gasteiger partial charge on any atom is -0.404 e. The number of nitrogens with zero attached hydrogens (tertiary/aromatic N) is 1. The van der Waals surface area contributed by atoms with Crippen molar-refractivity contribution >= 4 is 13.3 Å². The van der Waals surface area contributed by atoms with Gasteiger partial charge in [0.05, 0.1) is 23.9 Å². The highest BCUT2D eigenvalue weighted by molar-refractivity contribution is 6.54. The molecule has 5 nitrogen and oxygen atoms in total. The molecule has 0 amide bonds. The van der Waals surface area contributed by atoms with Gasteiger partial charge in [0.1, 0.15) is 6.10 Å². The van der Waals surface area contributed by atoms with Gasteiger partial charge in [-0.25, -0.2) is 0 Å². The summed E-state index contributed by atoms with van der Waals surface area (Å²) in [5.74, 6) is 0. The molecule has 0 radical (unpaired) electrons. The number of nitrogens with two attached hydrogens (primary N) is 1. The molecule has 0 aromatic rings. The molecule has 6 heteroatoms. The molecule has 23 heavy (non-hydrogen) atoms. The predicted molar refractivity (Wildman–Crippen MR) is 92.3 cm³/mol. The zero-order valence-corrected chi connectivity index (χ0v) is 14.5. The Morgan fingerprint density at radius 2 is 1.91 bits per heavy atom. The Hall–Kier alpha value is -1.11. The summed E-state index contributed by atoms with van der Waals surface area (Å²) in [4.78, 5) is 4.51. The summed E-state index contributed by atoms with van der Waals surface area (Å²) < 4.78 is 18.1. The average molecular weight is 318 g/mol. The van der Waals surface area contributed by atoms with E-state index in [1.165, 1.54) is 12.8 Å². The zero-order valence-electron chi connectivity index (χ0n) is 14.5.